The minimum absolute atomic E-state index is 0.0925. The lowest BCUT2D eigenvalue weighted by molar-refractivity contribution is -0.110. The van der Waals surface area contributed by atoms with Gasteiger partial charge in [-0.25, -0.2) is 8.78 Å². The number of benzene rings is 2. The predicted octanol–water partition coefficient (Wildman–Crippen LogP) is 5.69. The number of anilines is 2. The summed E-state index contributed by atoms with van der Waals surface area (Å²) in [5, 5.41) is 5.93. The van der Waals surface area contributed by atoms with Gasteiger partial charge in [0.15, 0.2) is 0 Å². The quantitative estimate of drug-likeness (QED) is 0.407. The molecule has 2 aromatic rings. The van der Waals surface area contributed by atoms with Gasteiger partial charge >= 0.3 is 0 Å². The summed E-state index contributed by atoms with van der Waals surface area (Å²) in [5.41, 5.74) is 4.82. The number of nitrogens with one attached hydrogen (secondary N) is 2. The van der Waals surface area contributed by atoms with Crippen LogP contribution in [0, 0.1) is 17.6 Å². The second kappa shape index (κ2) is 11.7. The van der Waals surface area contributed by atoms with Crippen molar-refractivity contribution in [1.29, 1.82) is 0 Å². The Kier molecular flexibility index (Phi) is 8.12. The fraction of sp³-hybridized carbons (Fsp3) is 0.419. The Morgan fingerprint density at radius 1 is 1.18 bits per heavy atom. The average molecular weight is 534 g/mol. The third-order valence-corrected chi connectivity index (χ3v) is 8.06. The number of aliphatic imine (C=N–C) groups is 1. The van der Waals surface area contributed by atoms with Crippen LogP contribution < -0.4 is 10.6 Å². The number of nitrogens with zero attached hydrogens (tertiary/aromatic N) is 3. The van der Waals surface area contributed by atoms with Crippen LogP contribution in [-0.2, 0) is 11.3 Å². The maximum Gasteiger partial charge on any atom is 0.256 e. The van der Waals surface area contributed by atoms with E-state index in [1.165, 1.54) is 23.8 Å². The molecule has 0 bridgehead atoms. The Labute approximate surface area is 229 Å². The van der Waals surface area contributed by atoms with Crippen molar-refractivity contribution in [2.24, 2.45) is 10.9 Å². The van der Waals surface area contributed by atoms with E-state index in [-0.39, 0.29) is 29.4 Å². The van der Waals surface area contributed by atoms with Gasteiger partial charge in [-0.1, -0.05) is 32.9 Å². The maximum atomic E-state index is 15.1. The van der Waals surface area contributed by atoms with Gasteiger partial charge in [-0.3, -0.25) is 9.79 Å². The molecule has 3 heterocycles. The SMILES string of the molecule is CCN(CC)CCN1C=C2C(CCC1)N=C(C=C1C(=O)Nc3cc(NCc4ccc(F)cc4)c(F)cc31)C2C. The molecule has 2 aromatic carbocycles. The number of hydrogen-bond acceptors (Lipinski definition) is 5. The molecule has 0 fully saturated rings. The standard InChI is InChI=1S/C31H37F2N5O/c1-4-37(5-2)13-14-38-12-6-7-27-25(19-38)20(3)28(35-27)16-24-23-15-26(33)30(17-29(23)36-31(24)39)34-18-21-8-10-22(32)11-9-21/h8-11,15-17,19-20,27,34H,4-7,12-14,18H2,1-3H3,(H,36,39). The molecule has 1 amide bonds. The number of amides is 1. The number of halogens is 2. The fourth-order valence-electron chi connectivity index (χ4n) is 5.60. The monoisotopic (exact) mass is 533 g/mol. The highest BCUT2D eigenvalue weighted by molar-refractivity contribution is 6.34. The second-order valence-corrected chi connectivity index (χ2v) is 10.5. The van der Waals surface area contributed by atoms with Gasteiger partial charge in [0.2, 0.25) is 0 Å². The first kappa shape index (κ1) is 27.1. The first-order valence-electron chi connectivity index (χ1n) is 14.0. The highest BCUT2D eigenvalue weighted by Gasteiger charge is 2.33. The largest absolute Gasteiger partial charge is 0.379 e. The van der Waals surface area contributed by atoms with Gasteiger partial charge in [0.25, 0.3) is 5.91 Å². The zero-order chi connectivity index (χ0) is 27.5. The van der Waals surface area contributed by atoms with Crippen molar-refractivity contribution in [3.05, 3.63) is 77.0 Å². The molecule has 2 N–H and O–H groups in total. The summed E-state index contributed by atoms with van der Waals surface area (Å²) in [6.45, 7) is 12.0. The smallest absolute Gasteiger partial charge is 0.256 e. The molecule has 8 heteroatoms. The van der Waals surface area contributed by atoms with Crippen LogP contribution in [0.2, 0.25) is 0 Å². The molecule has 3 aliphatic heterocycles. The van der Waals surface area contributed by atoms with E-state index in [0.717, 1.165) is 56.8 Å². The normalized spacial score (nSPS) is 21.4. The number of carbonyl (C=O) groups excluding carboxylic acids is 1. The van der Waals surface area contributed by atoms with Crippen LogP contribution in [0.25, 0.3) is 5.57 Å². The van der Waals surface area contributed by atoms with Crippen LogP contribution in [0.15, 0.2) is 59.2 Å². The van der Waals surface area contributed by atoms with E-state index in [0.29, 0.717) is 23.4 Å². The lowest BCUT2D eigenvalue weighted by Crippen LogP contribution is -2.33. The third-order valence-electron chi connectivity index (χ3n) is 8.06. The molecule has 0 saturated heterocycles. The Bertz CT molecular complexity index is 1310. The molecule has 0 radical (unpaired) electrons. The molecule has 39 heavy (non-hydrogen) atoms. The van der Waals surface area contributed by atoms with Gasteiger partial charge < -0.3 is 20.4 Å². The number of hydrogen-bond donors (Lipinski definition) is 2. The Morgan fingerprint density at radius 3 is 2.69 bits per heavy atom. The highest BCUT2D eigenvalue weighted by atomic mass is 19.1. The topological polar surface area (TPSA) is 60.0 Å². The van der Waals surface area contributed by atoms with Crippen LogP contribution in [0.1, 0.15) is 44.7 Å². The van der Waals surface area contributed by atoms with Crippen molar-refractivity contribution in [3.8, 4) is 0 Å². The van der Waals surface area contributed by atoms with Crippen molar-refractivity contribution < 1.29 is 13.6 Å². The van der Waals surface area contributed by atoms with E-state index >= 15 is 4.39 Å². The highest BCUT2D eigenvalue weighted by Crippen LogP contribution is 2.38. The summed E-state index contributed by atoms with van der Waals surface area (Å²) in [7, 11) is 0. The van der Waals surface area contributed by atoms with Crippen LogP contribution in [0.5, 0.6) is 0 Å². The average Bonchev–Trinajstić information content (AvgIpc) is 3.28. The van der Waals surface area contributed by atoms with Crippen LogP contribution in [-0.4, -0.2) is 60.2 Å². The number of carbonyl (C=O) groups is 1. The molecule has 0 aromatic heterocycles. The van der Waals surface area contributed by atoms with E-state index < -0.39 is 5.82 Å². The van der Waals surface area contributed by atoms with Gasteiger partial charge in [0, 0.05) is 49.6 Å². The van der Waals surface area contributed by atoms with Crippen molar-refractivity contribution in [1.82, 2.24) is 9.80 Å². The summed E-state index contributed by atoms with van der Waals surface area (Å²) in [6, 6.07) is 9.20. The van der Waals surface area contributed by atoms with Crippen LogP contribution in [0.3, 0.4) is 0 Å². The molecule has 5 rings (SSSR count). The molecule has 0 spiro atoms. The van der Waals surface area contributed by atoms with Crippen molar-refractivity contribution >= 4 is 28.6 Å². The van der Waals surface area contributed by atoms with Crippen LogP contribution in [0.4, 0.5) is 20.2 Å². The summed E-state index contributed by atoms with van der Waals surface area (Å²) < 4.78 is 28.2. The Morgan fingerprint density at radius 2 is 1.95 bits per heavy atom. The number of allylic oxidation sites excluding steroid dienone is 1. The Balaban J connectivity index is 1.32. The van der Waals surface area contributed by atoms with Gasteiger partial charge in [0.05, 0.1) is 23.0 Å². The van der Waals surface area contributed by atoms with E-state index in [2.05, 4.69) is 47.4 Å². The van der Waals surface area contributed by atoms with E-state index in [1.807, 2.05) is 6.08 Å². The minimum Gasteiger partial charge on any atom is -0.379 e. The second-order valence-electron chi connectivity index (χ2n) is 10.5. The lowest BCUT2D eigenvalue weighted by Gasteiger charge is -2.25. The van der Waals surface area contributed by atoms with E-state index in [1.54, 1.807) is 18.2 Å². The maximum absolute atomic E-state index is 15.1. The molecule has 6 nitrogen and oxygen atoms in total. The van der Waals surface area contributed by atoms with Gasteiger partial charge in [-0.05, 0) is 67.4 Å². The van der Waals surface area contributed by atoms with E-state index in [9.17, 15) is 9.18 Å². The molecular formula is C31H37F2N5O. The third kappa shape index (κ3) is 5.91. The first-order chi connectivity index (χ1) is 18.9. The zero-order valence-corrected chi connectivity index (χ0v) is 22.9. The molecule has 2 atom stereocenters. The van der Waals surface area contributed by atoms with Crippen molar-refractivity contribution in [2.75, 3.05) is 43.4 Å². The summed E-state index contributed by atoms with van der Waals surface area (Å²) in [4.78, 5) is 22.8. The Hall–Kier alpha value is -3.52. The van der Waals surface area contributed by atoms with Crippen molar-refractivity contribution in [2.45, 2.75) is 46.2 Å². The molecule has 3 aliphatic rings. The predicted molar refractivity (Wildman–Crippen MR) is 154 cm³/mol. The van der Waals surface area contributed by atoms with Gasteiger partial charge in [-0.2, -0.15) is 0 Å². The molecule has 0 saturated carbocycles. The number of rotatable bonds is 9. The summed E-state index contributed by atoms with van der Waals surface area (Å²) >= 11 is 0. The minimum atomic E-state index is -0.448. The molecule has 0 aliphatic carbocycles. The van der Waals surface area contributed by atoms with Crippen LogP contribution >= 0.6 is 0 Å². The summed E-state index contributed by atoms with van der Waals surface area (Å²) in [5.74, 6) is -0.924. The number of fused-ring (bicyclic) bond motifs is 2. The zero-order valence-electron chi connectivity index (χ0n) is 22.9. The molecule has 206 valence electrons. The van der Waals surface area contributed by atoms with E-state index in [4.69, 9.17) is 4.99 Å². The summed E-state index contributed by atoms with van der Waals surface area (Å²) in [6.07, 6.45) is 6.20. The lowest BCUT2D eigenvalue weighted by atomic mass is 9.92. The van der Waals surface area contributed by atoms with Gasteiger partial charge in [0.1, 0.15) is 11.6 Å². The van der Waals surface area contributed by atoms with Gasteiger partial charge in [-0.15, -0.1) is 0 Å². The number of likely N-dealkylation sites (N-methyl/N-ethyl adjacent to an activating group) is 1. The molecule has 2 unspecified atom stereocenters. The molecular weight excluding hydrogens is 496 g/mol. The first-order valence-corrected chi connectivity index (χ1v) is 14.0. The fourth-order valence-corrected chi connectivity index (χ4v) is 5.60. The van der Waals surface area contributed by atoms with Crippen molar-refractivity contribution in [3.63, 3.8) is 0 Å².